The van der Waals surface area contributed by atoms with Crippen LogP contribution < -0.4 is 5.32 Å². The number of nitrogens with zero attached hydrogens (tertiary/aromatic N) is 1. The largest absolute Gasteiger partial charge is 0.341 e. The first-order chi connectivity index (χ1) is 9.33. The topological polar surface area (TPSA) is 32.3 Å². The molecule has 0 saturated carbocycles. The van der Waals surface area contributed by atoms with Gasteiger partial charge in [-0.15, -0.1) is 0 Å². The molecular formula is C16H30N2OS. The van der Waals surface area contributed by atoms with Crippen molar-refractivity contribution in [1.82, 2.24) is 10.2 Å². The second-order valence-electron chi connectivity index (χ2n) is 7.42. The van der Waals surface area contributed by atoms with Crippen LogP contribution in [0.2, 0.25) is 0 Å². The van der Waals surface area contributed by atoms with Crippen molar-refractivity contribution in [3.8, 4) is 0 Å². The Labute approximate surface area is 128 Å². The van der Waals surface area contributed by atoms with E-state index < -0.39 is 0 Å². The van der Waals surface area contributed by atoms with Gasteiger partial charge < -0.3 is 10.2 Å². The summed E-state index contributed by atoms with van der Waals surface area (Å²) >= 11 is 2.00. The maximum Gasteiger partial charge on any atom is 0.228 e. The Kier molecular flexibility index (Phi) is 5.06. The van der Waals surface area contributed by atoms with E-state index in [0.717, 1.165) is 38.4 Å². The average Bonchev–Trinajstić information content (AvgIpc) is 2.60. The molecule has 20 heavy (non-hydrogen) atoms. The van der Waals surface area contributed by atoms with E-state index in [-0.39, 0.29) is 5.41 Å². The summed E-state index contributed by atoms with van der Waals surface area (Å²) in [5.41, 5.74) is -0.230. The molecule has 2 saturated heterocycles. The zero-order chi connectivity index (χ0) is 14.8. The molecule has 0 radical (unpaired) electrons. The zero-order valence-corrected chi connectivity index (χ0v) is 14.3. The highest BCUT2D eigenvalue weighted by atomic mass is 32.2. The van der Waals surface area contributed by atoms with Crippen molar-refractivity contribution in [3.05, 3.63) is 0 Å². The van der Waals surface area contributed by atoms with Gasteiger partial charge in [0.1, 0.15) is 0 Å². The Bertz CT molecular complexity index is 348. The van der Waals surface area contributed by atoms with E-state index in [0.29, 0.717) is 16.6 Å². The van der Waals surface area contributed by atoms with Gasteiger partial charge in [0.15, 0.2) is 0 Å². The molecule has 2 aliphatic rings. The van der Waals surface area contributed by atoms with Gasteiger partial charge in [-0.05, 0) is 38.3 Å². The smallest absolute Gasteiger partial charge is 0.228 e. The van der Waals surface area contributed by atoms with Gasteiger partial charge in [0.2, 0.25) is 5.91 Å². The molecule has 1 N–H and O–H groups in total. The number of thioether (sulfide) groups is 1. The van der Waals surface area contributed by atoms with E-state index in [1.54, 1.807) is 0 Å². The minimum Gasteiger partial charge on any atom is -0.341 e. The van der Waals surface area contributed by atoms with Crippen LogP contribution in [0.4, 0.5) is 0 Å². The van der Waals surface area contributed by atoms with Gasteiger partial charge in [0.25, 0.3) is 0 Å². The molecule has 1 atom stereocenters. The minimum atomic E-state index is -0.230. The summed E-state index contributed by atoms with van der Waals surface area (Å²) < 4.78 is 0.311. The normalized spacial score (nSPS) is 28.0. The molecule has 0 aromatic rings. The fourth-order valence-electron chi connectivity index (χ4n) is 3.27. The van der Waals surface area contributed by atoms with Crippen LogP contribution in [0.3, 0.4) is 0 Å². The molecule has 2 rings (SSSR count). The fourth-order valence-corrected chi connectivity index (χ4v) is 4.37. The summed E-state index contributed by atoms with van der Waals surface area (Å²) in [6.07, 6.45) is 3.48. The lowest BCUT2D eigenvalue weighted by Gasteiger charge is -2.39. The quantitative estimate of drug-likeness (QED) is 0.851. The summed E-state index contributed by atoms with van der Waals surface area (Å²) in [5, 5.41) is 3.45. The van der Waals surface area contributed by atoms with Gasteiger partial charge >= 0.3 is 0 Å². The van der Waals surface area contributed by atoms with Crippen LogP contribution in [0.1, 0.15) is 47.0 Å². The fraction of sp³-hybridized carbons (Fsp3) is 0.938. The third-order valence-electron chi connectivity index (χ3n) is 4.99. The first-order valence-corrected chi connectivity index (χ1v) is 8.95. The predicted octanol–water partition coefficient (Wildman–Crippen LogP) is 2.76. The molecule has 2 fully saturated rings. The molecule has 0 aliphatic carbocycles. The number of amides is 1. The average molecular weight is 298 g/mol. The number of hydrogen-bond acceptors (Lipinski definition) is 3. The van der Waals surface area contributed by atoms with Crippen molar-refractivity contribution < 1.29 is 4.79 Å². The van der Waals surface area contributed by atoms with Crippen molar-refractivity contribution >= 4 is 17.7 Å². The van der Waals surface area contributed by atoms with Crippen LogP contribution in [0.15, 0.2) is 0 Å². The molecule has 0 aromatic carbocycles. The summed E-state index contributed by atoms with van der Waals surface area (Å²) in [6.45, 7) is 12.8. The van der Waals surface area contributed by atoms with Crippen LogP contribution in [0.25, 0.3) is 0 Å². The highest BCUT2D eigenvalue weighted by molar-refractivity contribution is 8.00. The number of hydrogen-bond donors (Lipinski definition) is 1. The van der Waals surface area contributed by atoms with Crippen LogP contribution in [-0.4, -0.2) is 47.5 Å². The Balaban J connectivity index is 2.01. The number of rotatable bonds is 2. The Morgan fingerprint density at radius 2 is 2.10 bits per heavy atom. The molecule has 3 nitrogen and oxygen atoms in total. The maximum atomic E-state index is 13.0. The second kappa shape index (κ2) is 6.27. The third kappa shape index (κ3) is 3.70. The van der Waals surface area contributed by atoms with Crippen molar-refractivity contribution in [2.24, 2.45) is 11.3 Å². The molecule has 4 heteroatoms. The lowest BCUT2D eigenvalue weighted by Crippen LogP contribution is -2.49. The van der Waals surface area contributed by atoms with Crippen molar-refractivity contribution in [2.75, 3.05) is 31.9 Å². The van der Waals surface area contributed by atoms with E-state index in [4.69, 9.17) is 0 Å². The van der Waals surface area contributed by atoms with E-state index >= 15 is 0 Å². The van der Waals surface area contributed by atoms with Crippen molar-refractivity contribution in [2.45, 2.75) is 51.7 Å². The van der Waals surface area contributed by atoms with Gasteiger partial charge in [-0.25, -0.2) is 0 Å². The second-order valence-corrected chi connectivity index (χ2v) is 9.22. The van der Waals surface area contributed by atoms with E-state index in [1.165, 1.54) is 12.8 Å². The summed E-state index contributed by atoms with van der Waals surface area (Å²) in [4.78, 5) is 15.1. The summed E-state index contributed by atoms with van der Waals surface area (Å²) in [5.74, 6) is 1.91. The van der Waals surface area contributed by atoms with E-state index in [2.05, 4.69) is 37.9 Å². The standard InChI is InChI=1S/C16H30N2OS/c1-15(2)7-9-18(10-11-20-15)14(19)16(3,4)13-6-5-8-17-12-13/h13,17H,5-12H2,1-4H3. The maximum absolute atomic E-state index is 13.0. The minimum absolute atomic E-state index is 0.230. The van der Waals surface area contributed by atoms with Crippen LogP contribution >= 0.6 is 11.8 Å². The van der Waals surface area contributed by atoms with Gasteiger partial charge in [0, 0.05) is 29.0 Å². The highest BCUT2D eigenvalue weighted by Gasteiger charge is 2.40. The van der Waals surface area contributed by atoms with E-state index in [9.17, 15) is 4.79 Å². The molecular weight excluding hydrogens is 268 g/mol. The number of nitrogens with one attached hydrogen (secondary N) is 1. The van der Waals surface area contributed by atoms with Crippen LogP contribution in [-0.2, 0) is 4.79 Å². The Hall–Kier alpha value is -0.220. The van der Waals surface area contributed by atoms with Crippen LogP contribution in [0.5, 0.6) is 0 Å². The molecule has 116 valence electrons. The lowest BCUT2D eigenvalue weighted by atomic mass is 9.74. The van der Waals surface area contributed by atoms with Gasteiger partial charge in [-0.1, -0.05) is 27.7 Å². The lowest BCUT2D eigenvalue weighted by molar-refractivity contribution is -0.143. The third-order valence-corrected chi connectivity index (χ3v) is 6.37. The first-order valence-electron chi connectivity index (χ1n) is 7.97. The monoisotopic (exact) mass is 298 g/mol. The van der Waals surface area contributed by atoms with E-state index in [1.807, 2.05) is 11.8 Å². The first kappa shape index (κ1) is 16.2. The predicted molar refractivity (Wildman–Crippen MR) is 87.1 cm³/mol. The van der Waals surface area contributed by atoms with Gasteiger partial charge in [-0.3, -0.25) is 4.79 Å². The molecule has 2 aliphatic heterocycles. The highest BCUT2D eigenvalue weighted by Crippen LogP contribution is 2.36. The number of carbonyl (C=O) groups excluding carboxylic acids is 1. The molecule has 1 unspecified atom stereocenters. The molecule has 0 spiro atoms. The molecule has 0 bridgehead atoms. The number of piperidine rings is 1. The van der Waals surface area contributed by atoms with Crippen molar-refractivity contribution in [1.29, 1.82) is 0 Å². The Morgan fingerprint density at radius 1 is 1.35 bits per heavy atom. The van der Waals surface area contributed by atoms with Crippen molar-refractivity contribution in [3.63, 3.8) is 0 Å². The van der Waals surface area contributed by atoms with Crippen LogP contribution in [0, 0.1) is 11.3 Å². The summed E-state index contributed by atoms with van der Waals surface area (Å²) in [6, 6.07) is 0. The van der Waals surface area contributed by atoms with Gasteiger partial charge in [0.05, 0.1) is 0 Å². The molecule has 1 amide bonds. The van der Waals surface area contributed by atoms with Gasteiger partial charge in [-0.2, -0.15) is 11.8 Å². The molecule has 2 heterocycles. The number of carbonyl (C=O) groups is 1. The SMILES string of the molecule is CC1(C)CCN(C(=O)C(C)(C)C2CCCNC2)CCS1. The summed E-state index contributed by atoms with van der Waals surface area (Å²) in [7, 11) is 0. The zero-order valence-electron chi connectivity index (χ0n) is 13.5. The molecule has 0 aromatic heterocycles. The Morgan fingerprint density at radius 3 is 2.75 bits per heavy atom.